The van der Waals surface area contributed by atoms with Crippen LogP contribution in [-0.4, -0.2) is 43.7 Å². The fraction of sp³-hybridized carbons (Fsp3) is 0.647. The van der Waals surface area contributed by atoms with E-state index >= 15 is 0 Å². The molecule has 0 amide bonds. The van der Waals surface area contributed by atoms with Gasteiger partial charge in [-0.25, -0.2) is 0 Å². The summed E-state index contributed by atoms with van der Waals surface area (Å²) in [5.41, 5.74) is 2.91. The van der Waals surface area contributed by atoms with Gasteiger partial charge in [0.1, 0.15) is 0 Å². The molecule has 1 aliphatic heterocycles. The van der Waals surface area contributed by atoms with Gasteiger partial charge in [-0.05, 0) is 52.4 Å². The van der Waals surface area contributed by atoms with Crippen LogP contribution in [0.5, 0.6) is 0 Å². The minimum absolute atomic E-state index is 0.277. The fourth-order valence-corrected chi connectivity index (χ4v) is 3.56. The first kappa shape index (κ1) is 16.8. The van der Waals surface area contributed by atoms with Crippen molar-refractivity contribution < 1.29 is 0 Å². The van der Waals surface area contributed by atoms with E-state index in [0.717, 1.165) is 26.2 Å². The van der Waals surface area contributed by atoms with E-state index in [1.807, 2.05) is 7.05 Å². The Hall–Kier alpha value is -0.580. The van der Waals surface area contributed by atoms with Crippen LogP contribution in [0.25, 0.3) is 0 Å². The Morgan fingerprint density at radius 2 is 1.76 bits per heavy atom. The lowest BCUT2D eigenvalue weighted by Gasteiger charge is -2.43. The van der Waals surface area contributed by atoms with E-state index in [4.69, 9.17) is 0 Å². The maximum absolute atomic E-state index is 3.72. The van der Waals surface area contributed by atoms with Gasteiger partial charge in [-0.1, -0.05) is 22.0 Å². The van der Waals surface area contributed by atoms with Crippen molar-refractivity contribution in [3.63, 3.8) is 0 Å². The number of rotatable bonds is 3. The summed E-state index contributed by atoms with van der Waals surface area (Å²) in [5, 5.41) is 3.29. The molecule has 1 N–H and O–H groups in total. The summed E-state index contributed by atoms with van der Waals surface area (Å²) in [6.45, 7) is 13.6. The summed E-state index contributed by atoms with van der Waals surface area (Å²) >= 11 is 3.72. The van der Waals surface area contributed by atoms with Crippen LogP contribution in [0, 0.1) is 0 Å². The third-order valence-electron chi connectivity index (χ3n) is 4.48. The third-order valence-corrected chi connectivity index (χ3v) is 5.16. The smallest absolute Gasteiger partial charge is 0.0378 e. The molecule has 1 unspecified atom stereocenters. The number of piperazine rings is 1. The molecule has 0 bridgehead atoms. The number of anilines is 1. The van der Waals surface area contributed by atoms with Gasteiger partial charge in [0.2, 0.25) is 0 Å². The van der Waals surface area contributed by atoms with E-state index in [1.54, 1.807) is 0 Å². The zero-order valence-corrected chi connectivity index (χ0v) is 15.5. The van der Waals surface area contributed by atoms with Gasteiger partial charge < -0.3 is 10.2 Å². The van der Waals surface area contributed by atoms with Gasteiger partial charge in [-0.15, -0.1) is 0 Å². The Morgan fingerprint density at radius 3 is 2.24 bits per heavy atom. The van der Waals surface area contributed by atoms with E-state index in [0.29, 0.717) is 6.04 Å². The largest absolute Gasteiger partial charge is 0.369 e. The van der Waals surface area contributed by atoms with Crippen LogP contribution in [0.2, 0.25) is 0 Å². The summed E-state index contributed by atoms with van der Waals surface area (Å²) in [6.07, 6.45) is 0. The summed E-state index contributed by atoms with van der Waals surface area (Å²) in [4.78, 5) is 5.05. The number of hydrogen-bond donors (Lipinski definition) is 1. The number of nitrogens with zero attached hydrogens (tertiary/aromatic N) is 2. The quantitative estimate of drug-likeness (QED) is 0.894. The SMILES string of the molecule is CNC(C)c1ccc(N2CCN(C(C)(C)C)CC2)cc1Br. The monoisotopic (exact) mass is 353 g/mol. The van der Waals surface area contributed by atoms with Crippen LogP contribution >= 0.6 is 15.9 Å². The van der Waals surface area contributed by atoms with Gasteiger partial charge in [-0.3, -0.25) is 4.90 Å². The average molecular weight is 354 g/mol. The Labute approximate surface area is 137 Å². The molecule has 4 heteroatoms. The molecular formula is C17H28BrN3. The Balaban J connectivity index is 2.06. The molecule has 3 nitrogen and oxygen atoms in total. The first-order valence-corrected chi connectivity index (χ1v) is 8.59. The number of nitrogens with one attached hydrogen (secondary N) is 1. The highest BCUT2D eigenvalue weighted by Crippen LogP contribution is 2.29. The summed E-state index contributed by atoms with van der Waals surface area (Å²) in [6, 6.07) is 7.11. The molecule has 1 atom stereocenters. The summed E-state index contributed by atoms with van der Waals surface area (Å²) < 4.78 is 1.19. The first-order valence-electron chi connectivity index (χ1n) is 7.79. The molecule has 1 aliphatic rings. The van der Waals surface area contributed by atoms with Crippen molar-refractivity contribution >= 4 is 21.6 Å². The van der Waals surface area contributed by atoms with E-state index < -0.39 is 0 Å². The van der Waals surface area contributed by atoms with Crippen molar-refractivity contribution in [2.24, 2.45) is 0 Å². The summed E-state index contributed by atoms with van der Waals surface area (Å²) in [5.74, 6) is 0. The fourth-order valence-electron chi connectivity index (χ4n) is 2.85. The van der Waals surface area contributed by atoms with E-state index in [9.17, 15) is 0 Å². The van der Waals surface area contributed by atoms with Crippen LogP contribution in [-0.2, 0) is 0 Å². The highest BCUT2D eigenvalue weighted by Gasteiger charge is 2.26. The van der Waals surface area contributed by atoms with Crippen molar-refractivity contribution in [3.8, 4) is 0 Å². The molecule has 1 heterocycles. The van der Waals surface area contributed by atoms with Gasteiger partial charge in [0.05, 0.1) is 0 Å². The van der Waals surface area contributed by atoms with Crippen LogP contribution in [0.3, 0.4) is 0 Å². The predicted molar refractivity (Wildman–Crippen MR) is 95.2 cm³/mol. The molecular weight excluding hydrogens is 326 g/mol. The second-order valence-corrected chi connectivity index (χ2v) is 7.72. The predicted octanol–water partition coefficient (Wildman–Crippen LogP) is 3.65. The first-order chi connectivity index (χ1) is 9.82. The molecule has 2 rings (SSSR count). The van der Waals surface area contributed by atoms with Crippen LogP contribution in [0.4, 0.5) is 5.69 Å². The molecule has 21 heavy (non-hydrogen) atoms. The van der Waals surface area contributed by atoms with Crippen molar-refractivity contribution in [3.05, 3.63) is 28.2 Å². The van der Waals surface area contributed by atoms with Crippen molar-refractivity contribution in [1.29, 1.82) is 0 Å². The molecule has 0 radical (unpaired) electrons. The van der Waals surface area contributed by atoms with E-state index in [1.165, 1.54) is 15.7 Å². The third kappa shape index (κ3) is 3.99. The number of halogens is 1. The van der Waals surface area contributed by atoms with Crippen LogP contribution in [0.15, 0.2) is 22.7 Å². The van der Waals surface area contributed by atoms with Crippen molar-refractivity contribution in [2.45, 2.75) is 39.3 Å². The van der Waals surface area contributed by atoms with Gasteiger partial charge in [0.15, 0.2) is 0 Å². The summed E-state index contributed by atoms with van der Waals surface area (Å²) in [7, 11) is 2.00. The van der Waals surface area contributed by atoms with Gasteiger partial charge in [0, 0.05) is 47.9 Å². The van der Waals surface area contributed by atoms with E-state index in [-0.39, 0.29) is 5.54 Å². The Kier molecular flexibility index (Phi) is 5.33. The molecule has 118 valence electrons. The number of benzene rings is 1. The lowest BCUT2D eigenvalue weighted by atomic mass is 10.0. The second-order valence-electron chi connectivity index (χ2n) is 6.86. The van der Waals surface area contributed by atoms with Crippen molar-refractivity contribution in [1.82, 2.24) is 10.2 Å². The second kappa shape index (κ2) is 6.67. The highest BCUT2D eigenvalue weighted by atomic mass is 79.9. The minimum Gasteiger partial charge on any atom is -0.369 e. The van der Waals surface area contributed by atoms with Gasteiger partial charge in [0.25, 0.3) is 0 Å². The molecule has 1 fully saturated rings. The molecule has 0 aromatic heterocycles. The van der Waals surface area contributed by atoms with Crippen molar-refractivity contribution in [2.75, 3.05) is 38.1 Å². The van der Waals surface area contributed by atoms with Gasteiger partial charge in [-0.2, -0.15) is 0 Å². The Bertz CT molecular complexity index is 473. The Morgan fingerprint density at radius 1 is 1.14 bits per heavy atom. The van der Waals surface area contributed by atoms with Gasteiger partial charge >= 0.3 is 0 Å². The maximum atomic E-state index is 3.72. The minimum atomic E-state index is 0.277. The number of hydrogen-bond acceptors (Lipinski definition) is 3. The molecule has 1 aromatic rings. The molecule has 1 saturated heterocycles. The molecule has 0 spiro atoms. The molecule has 0 aliphatic carbocycles. The zero-order valence-electron chi connectivity index (χ0n) is 13.9. The normalized spacial score (nSPS) is 18.9. The lowest BCUT2D eigenvalue weighted by Crippen LogP contribution is -2.53. The van der Waals surface area contributed by atoms with Crippen LogP contribution < -0.4 is 10.2 Å². The lowest BCUT2D eigenvalue weighted by molar-refractivity contribution is 0.128. The maximum Gasteiger partial charge on any atom is 0.0378 e. The highest BCUT2D eigenvalue weighted by molar-refractivity contribution is 9.10. The molecule has 1 aromatic carbocycles. The topological polar surface area (TPSA) is 18.5 Å². The average Bonchev–Trinajstić information content (AvgIpc) is 2.45. The molecule has 0 saturated carbocycles. The van der Waals surface area contributed by atoms with E-state index in [2.05, 4.69) is 76.9 Å². The van der Waals surface area contributed by atoms with Crippen LogP contribution in [0.1, 0.15) is 39.3 Å². The zero-order chi connectivity index (χ0) is 15.6. The standard InChI is InChI=1S/C17H28BrN3/c1-13(19-5)15-7-6-14(12-16(15)18)20-8-10-21(11-9-20)17(2,3)4/h6-7,12-13,19H,8-11H2,1-5H3.